The number of benzene rings is 7. The van der Waals surface area contributed by atoms with Gasteiger partial charge in [0.25, 0.3) is 0 Å². The van der Waals surface area contributed by atoms with Gasteiger partial charge in [0.15, 0.2) is 0 Å². The smallest absolute Gasteiger partial charge is 0.0621 e. The summed E-state index contributed by atoms with van der Waals surface area (Å²) in [5, 5.41) is 15.9. The number of hydrogen-bond donors (Lipinski definition) is 2. The minimum absolute atomic E-state index is 0.300. The SMILES string of the molecule is CC(C)c1c2c3cccc4c5c6[nH]c7ccccc7c6ccc5n(c2c(C(C)C)c2c5cccc6c7c8[nH]c9ccccc9c8ccc7n(c12)c56)c34. The molecule has 0 spiro atoms. The predicted octanol–water partition coefficient (Wildman–Crippen LogP) is 13.5. The lowest BCUT2D eigenvalue weighted by Crippen LogP contribution is -2.00. The van der Waals surface area contributed by atoms with Crippen LogP contribution in [0.15, 0.2) is 109 Å². The second kappa shape index (κ2) is 8.96. The molecule has 0 aliphatic heterocycles. The number of nitrogens with zero attached hydrogens (tertiary/aromatic N) is 2. The molecule has 13 rings (SSSR count). The van der Waals surface area contributed by atoms with Crippen molar-refractivity contribution in [1.82, 2.24) is 18.8 Å². The van der Waals surface area contributed by atoms with Crippen molar-refractivity contribution in [3.8, 4) is 0 Å². The van der Waals surface area contributed by atoms with Crippen LogP contribution in [0.2, 0.25) is 0 Å². The molecule has 0 radical (unpaired) electrons. The van der Waals surface area contributed by atoms with E-state index in [1.165, 1.54) is 131 Å². The number of aromatic nitrogens is 4. The highest BCUT2D eigenvalue weighted by atomic mass is 15.0. The monoisotopic (exact) mass is 666 g/mol. The van der Waals surface area contributed by atoms with Gasteiger partial charge in [-0.15, -0.1) is 0 Å². The summed E-state index contributed by atoms with van der Waals surface area (Å²) in [5.41, 5.74) is 15.7. The van der Waals surface area contributed by atoms with Crippen LogP contribution < -0.4 is 0 Å². The fourth-order valence-corrected chi connectivity index (χ4v) is 10.7. The molecule has 0 amide bonds. The van der Waals surface area contributed by atoms with Gasteiger partial charge in [0.05, 0.1) is 44.1 Å². The number of para-hydroxylation sites is 4. The Bertz CT molecular complexity index is 3440. The molecular weight excluding hydrogens is 633 g/mol. The molecule has 4 nitrogen and oxygen atoms in total. The average Bonchev–Trinajstić information content (AvgIpc) is 3.99. The molecule has 6 aromatic heterocycles. The van der Waals surface area contributed by atoms with E-state index < -0.39 is 0 Å². The fraction of sp³-hybridized carbons (Fsp3) is 0.125. The highest BCUT2D eigenvalue weighted by Crippen LogP contribution is 2.53. The molecule has 0 aliphatic carbocycles. The molecule has 52 heavy (non-hydrogen) atoms. The Morgan fingerprint density at radius 2 is 0.750 bits per heavy atom. The second-order valence-electron chi connectivity index (χ2n) is 15.8. The fourth-order valence-electron chi connectivity index (χ4n) is 10.7. The van der Waals surface area contributed by atoms with E-state index in [9.17, 15) is 0 Å². The van der Waals surface area contributed by atoms with Gasteiger partial charge in [-0.1, -0.05) is 113 Å². The van der Waals surface area contributed by atoms with Gasteiger partial charge in [0, 0.05) is 75.7 Å². The molecule has 2 N–H and O–H groups in total. The van der Waals surface area contributed by atoms with Crippen molar-refractivity contribution in [2.24, 2.45) is 0 Å². The summed E-state index contributed by atoms with van der Waals surface area (Å²) in [5.74, 6) is 0.600. The largest absolute Gasteiger partial charge is 0.354 e. The highest BCUT2D eigenvalue weighted by molar-refractivity contribution is 6.35. The summed E-state index contributed by atoms with van der Waals surface area (Å²) >= 11 is 0. The van der Waals surface area contributed by atoms with Gasteiger partial charge in [-0.25, -0.2) is 0 Å². The summed E-state index contributed by atoms with van der Waals surface area (Å²) in [6.07, 6.45) is 0. The molecule has 0 saturated heterocycles. The zero-order chi connectivity index (χ0) is 34.3. The van der Waals surface area contributed by atoms with Crippen molar-refractivity contribution in [1.29, 1.82) is 0 Å². The van der Waals surface area contributed by atoms with Crippen LogP contribution in [0.25, 0.3) is 120 Å². The normalized spacial score (nSPS) is 13.3. The third-order valence-electron chi connectivity index (χ3n) is 12.5. The quantitative estimate of drug-likeness (QED) is 0.184. The van der Waals surface area contributed by atoms with Crippen LogP contribution in [-0.2, 0) is 0 Å². The Labute approximate surface area is 297 Å². The van der Waals surface area contributed by atoms with Crippen LogP contribution >= 0.6 is 0 Å². The van der Waals surface area contributed by atoms with Crippen LogP contribution in [-0.4, -0.2) is 18.8 Å². The molecule has 0 aliphatic rings. The first kappa shape index (κ1) is 27.5. The summed E-state index contributed by atoms with van der Waals surface area (Å²) in [6, 6.07) is 40.9. The lowest BCUT2D eigenvalue weighted by Gasteiger charge is -2.19. The Hall–Kier alpha value is -6.26. The Morgan fingerprint density at radius 3 is 1.17 bits per heavy atom. The van der Waals surface area contributed by atoms with Crippen LogP contribution in [0.3, 0.4) is 0 Å². The van der Waals surface area contributed by atoms with Crippen molar-refractivity contribution in [2.45, 2.75) is 39.5 Å². The molecule has 4 heteroatoms. The Morgan fingerprint density at radius 1 is 0.365 bits per heavy atom. The van der Waals surface area contributed by atoms with E-state index in [0.29, 0.717) is 11.8 Å². The van der Waals surface area contributed by atoms with Gasteiger partial charge < -0.3 is 18.8 Å². The van der Waals surface area contributed by atoms with E-state index in [1.54, 1.807) is 0 Å². The third-order valence-corrected chi connectivity index (χ3v) is 12.5. The maximum Gasteiger partial charge on any atom is 0.0621 e. The molecule has 246 valence electrons. The van der Waals surface area contributed by atoms with E-state index >= 15 is 0 Å². The van der Waals surface area contributed by atoms with Gasteiger partial charge in [-0.2, -0.15) is 0 Å². The molecule has 7 aromatic carbocycles. The Kier molecular flexibility index (Phi) is 4.73. The van der Waals surface area contributed by atoms with Crippen LogP contribution in [0.5, 0.6) is 0 Å². The number of hydrogen-bond acceptors (Lipinski definition) is 0. The first-order chi connectivity index (χ1) is 25.5. The molecule has 6 heterocycles. The van der Waals surface area contributed by atoms with Gasteiger partial charge in [-0.3, -0.25) is 0 Å². The van der Waals surface area contributed by atoms with E-state index in [2.05, 4.69) is 156 Å². The number of fused-ring (bicyclic) bond motifs is 20. The summed E-state index contributed by atoms with van der Waals surface area (Å²) < 4.78 is 5.28. The molecular formula is C48H34N4. The summed E-state index contributed by atoms with van der Waals surface area (Å²) in [7, 11) is 0. The van der Waals surface area contributed by atoms with Crippen molar-refractivity contribution >= 4 is 120 Å². The van der Waals surface area contributed by atoms with E-state index in [0.717, 1.165) is 0 Å². The number of nitrogens with one attached hydrogen (secondary N) is 2. The summed E-state index contributed by atoms with van der Waals surface area (Å²) in [6.45, 7) is 9.58. The van der Waals surface area contributed by atoms with Gasteiger partial charge >= 0.3 is 0 Å². The number of aromatic amines is 2. The van der Waals surface area contributed by atoms with Crippen molar-refractivity contribution < 1.29 is 0 Å². The van der Waals surface area contributed by atoms with Crippen molar-refractivity contribution in [3.05, 3.63) is 120 Å². The minimum Gasteiger partial charge on any atom is -0.354 e. The lowest BCUT2D eigenvalue weighted by molar-refractivity contribution is 0.869. The van der Waals surface area contributed by atoms with E-state index in [-0.39, 0.29) is 0 Å². The van der Waals surface area contributed by atoms with E-state index in [1.807, 2.05) is 0 Å². The average molecular weight is 667 g/mol. The molecule has 0 saturated carbocycles. The third kappa shape index (κ3) is 2.91. The molecule has 0 atom stereocenters. The number of H-pyrrole nitrogens is 2. The van der Waals surface area contributed by atoms with Crippen molar-refractivity contribution in [2.75, 3.05) is 0 Å². The Balaban J connectivity index is 1.31. The molecule has 13 aromatic rings. The van der Waals surface area contributed by atoms with Crippen molar-refractivity contribution in [3.63, 3.8) is 0 Å². The topological polar surface area (TPSA) is 40.4 Å². The zero-order valence-corrected chi connectivity index (χ0v) is 29.4. The maximum absolute atomic E-state index is 3.84. The lowest BCUT2D eigenvalue weighted by atomic mass is 9.87. The zero-order valence-electron chi connectivity index (χ0n) is 29.4. The van der Waals surface area contributed by atoms with Gasteiger partial charge in [-0.05, 0) is 47.2 Å². The highest BCUT2D eigenvalue weighted by Gasteiger charge is 2.31. The minimum atomic E-state index is 0.300. The van der Waals surface area contributed by atoms with Crippen LogP contribution in [0.1, 0.15) is 50.7 Å². The van der Waals surface area contributed by atoms with Gasteiger partial charge in [0.1, 0.15) is 0 Å². The van der Waals surface area contributed by atoms with Gasteiger partial charge in [0.2, 0.25) is 0 Å². The molecule has 0 fully saturated rings. The predicted molar refractivity (Wildman–Crippen MR) is 223 cm³/mol. The maximum atomic E-state index is 3.84. The standard InChI is InChI=1S/C48H34N4/c1-23(2)37-41-31-15-9-13-29-40-36(22-20-28-26-12-6-8-18-34(26)50-44(28)40)52(45(29)31)48(41)38(24(3)4)42-32-16-10-14-30-39-35(51(46(30)32)47(37)42)21-19-27-25-11-5-7-17-33(25)49-43(27)39/h5-24,49-50H,1-4H3. The number of rotatable bonds is 2. The summed E-state index contributed by atoms with van der Waals surface area (Å²) in [4.78, 5) is 7.69. The van der Waals surface area contributed by atoms with Crippen LogP contribution in [0, 0.1) is 0 Å². The van der Waals surface area contributed by atoms with Crippen LogP contribution in [0.4, 0.5) is 0 Å². The first-order valence-electron chi connectivity index (χ1n) is 18.7. The molecule has 0 unspecified atom stereocenters. The second-order valence-corrected chi connectivity index (χ2v) is 15.8. The molecule has 0 bridgehead atoms. The first-order valence-corrected chi connectivity index (χ1v) is 18.7. The van der Waals surface area contributed by atoms with E-state index in [4.69, 9.17) is 0 Å².